The molecule has 0 bridgehead atoms. The lowest BCUT2D eigenvalue weighted by molar-refractivity contribution is 0.676. The van der Waals surface area contributed by atoms with Gasteiger partial charge in [-0.2, -0.15) is 5.10 Å². The van der Waals surface area contributed by atoms with E-state index in [0.717, 1.165) is 22.3 Å². The second-order valence-corrected chi connectivity index (χ2v) is 7.29. The van der Waals surface area contributed by atoms with E-state index in [4.69, 9.17) is 21.5 Å². The third kappa shape index (κ3) is 3.21. The predicted molar refractivity (Wildman–Crippen MR) is 95.3 cm³/mol. The number of rotatable bonds is 5. The molecule has 126 valence electrons. The molecule has 0 aliphatic rings. The first-order valence-electron chi connectivity index (χ1n) is 7.30. The van der Waals surface area contributed by atoms with Crippen LogP contribution in [0, 0.1) is 4.78 Å². The first kappa shape index (κ1) is 16.7. The van der Waals surface area contributed by atoms with Crippen molar-refractivity contribution < 1.29 is 4.21 Å². The maximum atomic E-state index is 11.5. The minimum Gasteiger partial charge on any atom is -0.380 e. The van der Waals surface area contributed by atoms with E-state index in [-0.39, 0.29) is 0 Å². The number of nitrogens with two attached hydrogens (primary N) is 1. The summed E-state index contributed by atoms with van der Waals surface area (Å²) in [6, 6.07) is 8.64. The molecule has 0 fully saturated rings. The Labute approximate surface area is 144 Å². The molecule has 2 heterocycles. The third-order valence-corrected chi connectivity index (χ3v) is 4.88. The quantitative estimate of drug-likeness (QED) is 0.646. The van der Waals surface area contributed by atoms with Crippen LogP contribution in [-0.2, 0) is 23.0 Å². The number of hydrogen-bond donors (Lipinski definition) is 3. The first-order valence-corrected chi connectivity index (χ1v) is 9.30. The summed E-state index contributed by atoms with van der Waals surface area (Å²) in [5.74, 6) is 0. The van der Waals surface area contributed by atoms with E-state index < -0.39 is 9.92 Å². The van der Waals surface area contributed by atoms with Gasteiger partial charge in [0.05, 0.1) is 16.0 Å². The number of nitrogens with one attached hydrogen (secondary N) is 2. The van der Waals surface area contributed by atoms with Crippen LogP contribution in [0.3, 0.4) is 0 Å². The van der Waals surface area contributed by atoms with E-state index in [2.05, 4.69) is 15.4 Å². The molecule has 2 aromatic heterocycles. The molecule has 0 aliphatic heterocycles. The van der Waals surface area contributed by atoms with Gasteiger partial charge < -0.3 is 5.32 Å². The Bertz CT molecular complexity index is 981. The monoisotopic (exact) mass is 364 g/mol. The molecular weight excluding hydrogens is 348 g/mol. The second-order valence-electron chi connectivity index (χ2n) is 5.26. The fourth-order valence-corrected chi connectivity index (χ4v) is 3.25. The third-order valence-electron chi connectivity index (χ3n) is 3.65. The summed E-state index contributed by atoms with van der Waals surface area (Å²) in [6.45, 7) is 3.21. The molecule has 9 heteroatoms. The average Bonchev–Trinajstić information content (AvgIpc) is 2.89. The van der Waals surface area contributed by atoms with Crippen LogP contribution in [0.15, 0.2) is 41.4 Å². The molecule has 1 aromatic carbocycles. The lowest BCUT2D eigenvalue weighted by Gasteiger charge is -2.09. The van der Waals surface area contributed by atoms with Crippen molar-refractivity contribution in [2.75, 3.05) is 5.32 Å². The van der Waals surface area contributed by atoms with Crippen LogP contribution in [0.4, 0.5) is 5.69 Å². The maximum absolute atomic E-state index is 11.5. The molecule has 0 saturated carbocycles. The average molecular weight is 365 g/mol. The Morgan fingerprint density at radius 3 is 2.67 bits per heavy atom. The molecule has 1 unspecified atom stereocenters. The minimum atomic E-state index is -3.18. The lowest BCUT2D eigenvalue weighted by Crippen LogP contribution is -2.10. The molecule has 7 nitrogen and oxygen atoms in total. The van der Waals surface area contributed by atoms with Gasteiger partial charge >= 0.3 is 0 Å². The van der Waals surface area contributed by atoms with Crippen molar-refractivity contribution in [3.63, 3.8) is 0 Å². The normalized spacial score (nSPS) is 13.8. The van der Waals surface area contributed by atoms with Crippen LogP contribution < -0.4 is 10.5 Å². The van der Waals surface area contributed by atoms with E-state index in [1.165, 1.54) is 0 Å². The van der Waals surface area contributed by atoms with Crippen molar-refractivity contribution in [2.24, 2.45) is 5.14 Å². The van der Waals surface area contributed by atoms with Crippen molar-refractivity contribution in [3.8, 4) is 0 Å². The number of pyridine rings is 1. The largest absolute Gasteiger partial charge is 0.380 e. The van der Waals surface area contributed by atoms with Crippen LogP contribution in [0.2, 0.25) is 5.15 Å². The second kappa shape index (κ2) is 6.39. The Kier molecular flexibility index (Phi) is 4.44. The molecule has 1 atom stereocenters. The van der Waals surface area contributed by atoms with Crippen molar-refractivity contribution in [1.82, 2.24) is 14.8 Å². The summed E-state index contributed by atoms with van der Waals surface area (Å²) < 4.78 is 20.6. The smallest absolute Gasteiger partial charge is 0.162 e. The molecule has 0 aliphatic carbocycles. The van der Waals surface area contributed by atoms with Gasteiger partial charge in [-0.05, 0) is 30.7 Å². The number of benzene rings is 1. The molecular formula is C15H17ClN6OS. The lowest BCUT2D eigenvalue weighted by atomic mass is 10.2. The van der Waals surface area contributed by atoms with Gasteiger partial charge in [-0.15, -0.1) is 0 Å². The summed E-state index contributed by atoms with van der Waals surface area (Å²) in [7, 11) is -3.18. The molecule has 3 aromatic rings. The van der Waals surface area contributed by atoms with Gasteiger partial charge in [-0.1, -0.05) is 23.7 Å². The summed E-state index contributed by atoms with van der Waals surface area (Å²) in [4.78, 5) is 4.65. The Balaban J connectivity index is 1.85. The highest BCUT2D eigenvalue weighted by atomic mass is 35.5. The Morgan fingerprint density at radius 2 is 2.04 bits per heavy atom. The van der Waals surface area contributed by atoms with Crippen LogP contribution in [-0.4, -0.2) is 19.0 Å². The van der Waals surface area contributed by atoms with Gasteiger partial charge in [0.15, 0.2) is 10.8 Å². The summed E-state index contributed by atoms with van der Waals surface area (Å²) in [6.07, 6.45) is 1.71. The van der Waals surface area contributed by atoms with E-state index in [9.17, 15) is 4.21 Å². The maximum Gasteiger partial charge on any atom is 0.162 e. The zero-order valence-corrected chi connectivity index (χ0v) is 14.6. The fraction of sp³-hybridized carbons (Fsp3) is 0.200. The Morgan fingerprint density at radius 1 is 1.33 bits per heavy atom. The topological polar surface area (TPSA) is 110 Å². The number of fused-ring (bicyclic) bond motifs is 1. The van der Waals surface area contributed by atoms with Gasteiger partial charge in [-0.25, -0.2) is 23.8 Å². The van der Waals surface area contributed by atoms with Crippen molar-refractivity contribution in [3.05, 3.63) is 47.2 Å². The van der Waals surface area contributed by atoms with Gasteiger partial charge in [0.2, 0.25) is 0 Å². The zero-order chi connectivity index (χ0) is 17.3. The zero-order valence-electron chi connectivity index (χ0n) is 13.0. The number of aromatic nitrogens is 3. The van der Waals surface area contributed by atoms with E-state index >= 15 is 0 Å². The summed E-state index contributed by atoms with van der Waals surface area (Å²) in [5.41, 5.74) is 2.54. The molecule has 4 N–H and O–H groups in total. The predicted octanol–water partition coefficient (Wildman–Crippen LogP) is 3.00. The molecule has 3 rings (SSSR count). The van der Waals surface area contributed by atoms with Crippen LogP contribution in [0.5, 0.6) is 0 Å². The molecule has 24 heavy (non-hydrogen) atoms. The molecule has 0 radical (unpaired) electrons. The standard InChI is InChI=1S/C15H17ClN6OS/c1-2-22-15-13(14(16)21-22)12(7-8-19-15)20-9-10-3-5-11(6-4-10)24(17,18)23/h3-8H,2,9H2,1H3,(H,19,20)(H3,17,18,23). The highest BCUT2D eigenvalue weighted by molar-refractivity contribution is 7.90. The van der Waals surface area contributed by atoms with Crippen LogP contribution in [0.25, 0.3) is 11.0 Å². The van der Waals surface area contributed by atoms with E-state index in [0.29, 0.717) is 23.1 Å². The Hall–Kier alpha value is -2.16. The van der Waals surface area contributed by atoms with E-state index in [1.807, 2.05) is 13.0 Å². The number of anilines is 1. The van der Waals surface area contributed by atoms with Crippen molar-refractivity contribution >= 4 is 38.2 Å². The molecule has 0 spiro atoms. The number of aryl methyl sites for hydroxylation is 1. The minimum absolute atomic E-state index is 0.310. The van der Waals surface area contributed by atoms with E-state index in [1.54, 1.807) is 35.1 Å². The number of halogens is 1. The number of hydrogen-bond acceptors (Lipinski definition) is 5. The van der Waals surface area contributed by atoms with Gasteiger partial charge in [0, 0.05) is 19.3 Å². The van der Waals surface area contributed by atoms with Crippen LogP contribution in [0.1, 0.15) is 12.5 Å². The van der Waals surface area contributed by atoms with Gasteiger partial charge in [0.25, 0.3) is 0 Å². The molecule has 0 amide bonds. The fourth-order valence-electron chi connectivity index (χ4n) is 2.43. The van der Waals surface area contributed by atoms with Crippen LogP contribution >= 0.6 is 11.6 Å². The number of nitrogens with zero attached hydrogens (tertiary/aromatic N) is 3. The van der Waals surface area contributed by atoms with Crippen molar-refractivity contribution in [1.29, 1.82) is 4.78 Å². The summed E-state index contributed by atoms with van der Waals surface area (Å²) >= 11 is 6.24. The van der Waals surface area contributed by atoms with Gasteiger partial charge in [-0.3, -0.25) is 0 Å². The summed E-state index contributed by atoms with van der Waals surface area (Å²) in [5, 5.41) is 14.1. The van der Waals surface area contributed by atoms with Gasteiger partial charge in [0.1, 0.15) is 9.92 Å². The highest BCUT2D eigenvalue weighted by Gasteiger charge is 2.13. The molecule has 0 saturated heterocycles. The van der Waals surface area contributed by atoms with Crippen molar-refractivity contribution in [2.45, 2.75) is 24.9 Å². The first-order chi connectivity index (χ1) is 11.4. The SMILES string of the molecule is CCn1nc(Cl)c2c(NCc3ccc(S(=N)(N)=O)cc3)ccnc21. The highest BCUT2D eigenvalue weighted by Crippen LogP contribution is 2.29.